The first-order valence-electron chi connectivity index (χ1n) is 8.57. The molecule has 21 heavy (non-hydrogen) atoms. The van der Waals surface area contributed by atoms with Gasteiger partial charge in [0.05, 0.1) is 12.7 Å². The lowest BCUT2D eigenvalue weighted by Crippen LogP contribution is -2.33. The molecule has 1 fully saturated rings. The van der Waals surface area contributed by atoms with Crippen LogP contribution in [0.15, 0.2) is 24.4 Å². The predicted octanol–water partition coefficient (Wildman–Crippen LogP) is 3.54. The number of nitrogens with zero attached hydrogens (tertiary/aromatic N) is 2. The summed E-state index contributed by atoms with van der Waals surface area (Å²) in [6, 6.07) is 6.21. The largest absolute Gasteiger partial charge is 0.377 e. The van der Waals surface area contributed by atoms with E-state index >= 15 is 0 Å². The fourth-order valence-electron chi connectivity index (χ4n) is 3.29. The maximum atomic E-state index is 6.23. The van der Waals surface area contributed by atoms with E-state index in [1.54, 1.807) is 0 Å². The van der Waals surface area contributed by atoms with Crippen molar-refractivity contribution in [3.8, 4) is 0 Å². The van der Waals surface area contributed by atoms with Crippen LogP contribution in [-0.4, -0.2) is 42.2 Å². The van der Waals surface area contributed by atoms with E-state index in [1.165, 1.54) is 31.4 Å². The highest BCUT2D eigenvalue weighted by Gasteiger charge is 2.26. The van der Waals surface area contributed by atoms with Crippen LogP contribution in [0.4, 0.5) is 0 Å². The lowest BCUT2D eigenvalue weighted by atomic mass is 9.83. The second kappa shape index (κ2) is 9.16. The molecule has 3 heteroatoms. The summed E-state index contributed by atoms with van der Waals surface area (Å²) in [7, 11) is 0. The second-order valence-electron chi connectivity index (χ2n) is 6.01. The van der Waals surface area contributed by atoms with Gasteiger partial charge in [0.15, 0.2) is 0 Å². The molecule has 0 aliphatic heterocycles. The Kier molecular flexibility index (Phi) is 7.17. The van der Waals surface area contributed by atoms with Crippen molar-refractivity contribution in [1.29, 1.82) is 0 Å². The monoisotopic (exact) mass is 290 g/mol. The first kappa shape index (κ1) is 16.4. The van der Waals surface area contributed by atoms with Crippen LogP contribution in [0.25, 0.3) is 0 Å². The van der Waals surface area contributed by atoms with Gasteiger partial charge in [-0.1, -0.05) is 32.8 Å². The van der Waals surface area contributed by atoms with Crippen molar-refractivity contribution in [1.82, 2.24) is 9.88 Å². The summed E-state index contributed by atoms with van der Waals surface area (Å²) in [4.78, 5) is 6.91. The molecule has 0 bridgehead atoms. The molecule has 1 aromatic rings. The van der Waals surface area contributed by atoms with E-state index in [9.17, 15) is 0 Å². The molecular weight excluding hydrogens is 260 g/mol. The number of likely N-dealkylation sites (N-methyl/N-ethyl adjacent to an activating group) is 1. The molecule has 0 aromatic carbocycles. The molecule has 0 radical (unpaired) electrons. The number of hydrogen-bond acceptors (Lipinski definition) is 3. The topological polar surface area (TPSA) is 25.4 Å². The summed E-state index contributed by atoms with van der Waals surface area (Å²) in [6.45, 7) is 8.58. The summed E-state index contributed by atoms with van der Waals surface area (Å²) in [6.07, 6.45) is 8.55. The molecule has 118 valence electrons. The molecule has 1 aromatic heterocycles. The van der Waals surface area contributed by atoms with Crippen LogP contribution < -0.4 is 0 Å². The minimum atomic E-state index is 0.427. The number of pyridine rings is 1. The summed E-state index contributed by atoms with van der Waals surface area (Å²) >= 11 is 0. The fraction of sp³-hybridized carbons (Fsp3) is 0.722. The van der Waals surface area contributed by atoms with Gasteiger partial charge in [0.2, 0.25) is 0 Å². The minimum absolute atomic E-state index is 0.427. The van der Waals surface area contributed by atoms with Crippen LogP contribution in [0.5, 0.6) is 0 Å². The van der Waals surface area contributed by atoms with Crippen molar-refractivity contribution >= 4 is 0 Å². The quantitative estimate of drug-likeness (QED) is 0.732. The van der Waals surface area contributed by atoms with Crippen LogP contribution in [0.2, 0.25) is 0 Å². The molecule has 0 spiro atoms. The molecule has 0 amide bonds. The van der Waals surface area contributed by atoms with Crippen molar-refractivity contribution in [3.05, 3.63) is 30.1 Å². The lowest BCUT2D eigenvalue weighted by molar-refractivity contribution is -0.0185. The highest BCUT2D eigenvalue weighted by atomic mass is 16.5. The van der Waals surface area contributed by atoms with Gasteiger partial charge in [-0.3, -0.25) is 4.98 Å². The average Bonchev–Trinajstić information content (AvgIpc) is 2.54. The highest BCUT2D eigenvalue weighted by molar-refractivity contribution is 5.05. The minimum Gasteiger partial charge on any atom is -0.377 e. The van der Waals surface area contributed by atoms with E-state index in [0.29, 0.717) is 12.0 Å². The summed E-state index contributed by atoms with van der Waals surface area (Å²) in [5, 5.41) is 0. The van der Waals surface area contributed by atoms with E-state index in [1.807, 2.05) is 12.3 Å². The van der Waals surface area contributed by atoms with Gasteiger partial charge < -0.3 is 9.64 Å². The maximum Gasteiger partial charge on any atom is 0.0607 e. The van der Waals surface area contributed by atoms with Gasteiger partial charge in [-0.15, -0.1) is 0 Å². The van der Waals surface area contributed by atoms with Crippen LogP contribution in [-0.2, 0) is 11.2 Å². The van der Waals surface area contributed by atoms with Crippen molar-refractivity contribution in [3.63, 3.8) is 0 Å². The number of rotatable bonds is 8. The first-order valence-corrected chi connectivity index (χ1v) is 8.57. The Morgan fingerprint density at radius 2 is 2.00 bits per heavy atom. The lowest BCUT2D eigenvalue weighted by Gasteiger charge is -2.32. The first-order chi connectivity index (χ1) is 10.3. The average molecular weight is 290 g/mol. The molecule has 1 aliphatic rings. The Hall–Kier alpha value is -0.930. The number of aromatic nitrogens is 1. The summed E-state index contributed by atoms with van der Waals surface area (Å²) in [5.41, 5.74) is 1.21. The van der Waals surface area contributed by atoms with Crippen LogP contribution in [0.3, 0.4) is 0 Å². The Labute approximate surface area is 129 Å². The maximum absolute atomic E-state index is 6.23. The molecule has 0 N–H and O–H groups in total. The van der Waals surface area contributed by atoms with E-state index < -0.39 is 0 Å². The van der Waals surface area contributed by atoms with Gasteiger partial charge in [-0.2, -0.15) is 0 Å². The van der Waals surface area contributed by atoms with Gasteiger partial charge in [-0.05, 0) is 50.4 Å². The Bertz CT molecular complexity index is 378. The zero-order chi connectivity index (χ0) is 14.9. The normalized spacial score (nSPS) is 22.6. The molecule has 2 unspecified atom stereocenters. The SMILES string of the molecule is CCN(CC)CCOC1CCCCC1Cc1ccccn1. The summed E-state index contributed by atoms with van der Waals surface area (Å²) < 4.78 is 6.23. The van der Waals surface area contributed by atoms with Crippen LogP contribution >= 0.6 is 0 Å². The van der Waals surface area contributed by atoms with Crippen molar-refractivity contribution in [2.45, 2.75) is 52.1 Å². The third-order valence-corrected chi connectivity index (χ3v) is 4.67. The molecule has 1 aliphatic carbocycles. The standard InChI is InChI=1S/C18H30N2O/c1-3-20(4-2)13-14-21-18-11-6-5-9-16(18)15-17-10-7-8-12-19-17/h7-8,10,12,16,18H,3-6,9,11,13-15H2,1-2H3. The van der Waals surface area contributed by atoms with Gasteiger partial charge in [0, 0.05) is 18.4 Å². The summed E-state index contributed by atoms with van der Waals surface area (Å²) in [5.74, 6) is 0.644. The zero-order valence-corrected chi connectivity index (χ0v) is 13.6. The molecule has 3 nitrogen and oxygen atoms in total. The van der Waals surface area contributed by atoms with Gasteiger partial charge in [0.1, 0.15) is 0 Å². The van der Waals surface area contributed by atoms with E-state index in [4.69, 9.17) is 4.74 Å². The van der Waals surface area contributed by atoms with E-state index in [0.717, 1.165) is 32.7 Å². The molecule has 2 atom stereocenters. The number of ether oxygens (including phenoxy) is 1. The number of hydrogen-bond donors (Lipinski definition) is 0. The smallest absolute Gasteiger partial charge is 0.0607 e. The zero-order valence-electron chi connectivity index (χ0n) is 13.6. The van der Waals surface area contributed by atoms with Crippen LogP contribution in [0.1, 0.15) is 45.2 Å². The van der Waals surface area contributed by atoms with Gasteiger partial charge in [0.25, 0.3) is 0 Å². The van der Waals surface area contributed by atoms with Gasteiger partial charge in [-0.25, -0.2) is 0 Å². The third-order valence-electron chi connectivity index (χ3n) is 4.67. The van der Waals surface area contributed by atoms with E-state index in [2.05, 4.69) is 35.9 Å². The molecule has 1 heterocycles. The molecular formula is C18H30N2O. The fourth-order valence-corrected chi connectivity index (χ4v) is 3.29. The van der Waals surface area contributed by atoms with Crippen molar-refractivity contribution in [2.24, 2.45) is 5.92 Å². The Morgan fingerprint density at radius 1 is 1.19 bits per heavy atom. The van der Waals surface area contributed by atoms with Crippen LogP contribution in [0, 0.1) is 5.92 Å². The highest BCUT2D eigenvalue weighted by Crippen LogP contribution is 2.29. The van der Waals surface area contributed by atoms with Gasteiger partial charge >= 0.3 is 0 Å². The second-order valence-corrected chi connectivity index (χ2v) is 6.01. The third kappa shape index (κ3) is 5.40. The van der Waals surface area contributed by atoms with E-state index in [-0.39, 0.29) is 0 Å². The molecule has 1 saturated carbocycles. The predicted molar refractivity (Wildman–Crippen MR) is 87.4 cm³/mol. The molecule has 0 saturated heterocycles. The Morgan fingerprint density at radius 3 is 2.71 bits per heavy atom. The molecule has 2 rings (SSSR count). The Balaban J connectivity index is 1.81. The van der Waals surface area contributed by atoms with Crippen molar-refractivity contribution < 1.29 is 4.74 Å². The van der Waals surface area contributed by atoms with Crippen molar-refractivity contribution in [2.75, 3.05) is 26.2 Å².